The van der Waals surface area contributed by atoms with Crippen LogP contribution in [-0.4, -0.2) is 40.5 Å². The minimum absolute atomic E-state index is 0.0753. The molecule has 0 saturated heterocycles. The summed E-state index contributed by atoms with van der Waals surface area (Å²) in [4.78, 5) is 2.10. The molecule has 0 saturated carbocycles. The van der Waals surface area contributed by atoms with E-state index in [2.05, 4.69) is 36.6 Å². The number of benzene rings is 1. The Bertz CT molecular complexity index is 593. The van der Waals surface area contributed by atoms with E-state index in [9.17, 15) is 8.42 Å². The van der Waals surface area contributed by atoms with Gasteiger partial charge < -0.3 is 10.6 Å². The van der Waals surface area contributed by atoms with Gasteiger partial charge in [-0.15, -0.1) is 0 Å². The molecule has 120 valence electrons. The highest BCUT2D eigenvalue weighted by molar-refractivity contribution is 9.11. The van der Waals surface area contributed by atoms with Crippen molar-refractivity contribution in [2.75, 3.05) is 32.9 Å². The van der Waals surface area contributed by atoms with E-state index < -0.39 is 10.0 Å². The Balaban J connectivity index is 2.98. The van der Waals surface area contributed by atoms with Crippen molar-refractivity contribution in [3.63, 3.8) is 0 Å². The van der Waals surface area contributed by atoms with Crippen molar-refractivity contribution in [1.82, 2.24) is 9.62 Å². The van der Waals surface area contributed by atoms with Gasteiger partial charge >= 0.3 is 0 Å². The van der Waals surface area contributed by atoms with E-state index in [-0.39, 0.29) is 16.0 Å². The van der Waals surface area contributed by atoms with E-state index in [0.717, 1.165) is 11.0 Å². The largest absolute Gasteiger partial charge is 0.398 e. The van der Waals surface area contributed by atoms with Crippen LogP contribution in [0.25, 0.3) is 0 Å². The highest BCUT2D eigenvalue weighted by atomic mass is 79.9. The minimum Gasteiger partial charge on any atom is -0.398 e. The van der Waals surface area contributed by atoms with E-state index in [1.54, 1.807) is 12.1 Å². The number of sulfonamides is 1. The zero-order valence-electron chi connectivity index (χ0n) is 12.6. The Morgan fingerprint density at radius 3 is 2.33 bits per heavy atom. The smallest absolute Gasteiger partial charge is 0.243 e. The number of hydrogen-bond acceptors (Lipinski definition) is 4. The fourth-order valence-electron chi connectivity index (χ4n) is 2.14. The average Bonchev–Trinajstić information content (AvgIpc) is 2.23. The molecule has 0 aliphatic carbocycles. The molecule has 0 amide bonds. The van der Waals surface area contributed by atoms with E-state index in [0.29, 0.717) is 11.0 Å². The molecule has 0 atom stereocenters. The second-order valence-corrected chi connectivity index (χ2v) is 9.51. The first-order valence-electron chi connectivity index (χ1n) is 6.33. The standard InChI is InChI=1S/C13H21Br2N3O2S/c1-13(2,8-18(3)4)7-17-21(19,20)12-10(15)5-9(14)6-11(12)16/h5-6,17H,7-8,16H2,1-4H3. The molecule has 0 fully saturated rings. The number of nitrogens with zero attached hydrogens (tertiary/aromatic N) is 1. The molecular formula is C13H21Br2N3O2S. The Kier molecular flexibility index (Phi) is 6.26. The summed E-state index contributed by atoms with van der Waals surface area (Å²) in [6, 6.07) is 3.24. The number of nitrogens with one attached hydrogen (secondary N) is 1. The van der Waals surface area contributed by atoms with Gasteiger partial charge in [-0.05, 0) is 47.6 Å². The van der Waals surface area contributed by atoms with Crippen molar-refractivity contribution in [2.45, 2.75) is 18.7 Å². The van der Waals surface area contributed by atoms with Crippen molar-refractivity contribution in [1.29, 1.82) is 0 Å². The lowest BCUT2D eigenvalue weighted by Gasteiger charge is -2.28. The molecule has 1 aromatic rings. The predicted octanol–water partition coefficient (Wildman–Crippen LogP) is 2.66. The van der Waals surface area contributed by atoms with Crippen LogP contribution in [0.3, 0.4) is 0 Å². The molecule has 0 aliphatic heterocycles. The van der Waals surface area contributed by atoms with E-state index in [4.69, 9.17) is 5.73 Å². The summed E-state index contributed by atoms with van der Waals surface area (Å²) in [5.41, 5.74) is 5.86. The number of nitrogen functional groups attached to an aromatic ring is 1. The van der Waals surface area contributed by atoms with Crippen LogP contribution in [0.2, 0.25) is 0 Å². The highest BCUT2D eigenvalue weighted by Crippen LogP contribution is 2.31. The molecule has 21 heavy (non-hydrogen) atoms. The third kappa shape index (κ3) is 5.52. The van der Waals surface area contributed by atoms with Crippen LogP contribution in [0.1, 0.15) is 13.8 Å². The number of hydrogen-bond donors (Lipinski definition) is 2. The molecule has 0 spiro atoms. The van der Waals surface area contributed by atoms with Crippen molar-refractivity contribution in [3.8, 4) is 0 Å². The van der Waals surface area contributed by atoms with Crippen molar-refractivity contribution < 1.29 is 8.42 Å². The van der Waals surface area contributed by atoms with Gasteiger partial charge in [-0.1, -0.05) is 29.8 Å². The second kappa shape index (κ2) is 6.95. The van der Waals surface area contributed by atoms with Crippen LogP contribution < -0.4 is 10.5 Å². The van der Waals surface area contributed by atoms with E-state index in [1.165, 1.54) is 0 Å². The summed E-state index contributed by atoms with van der Waals surface area (Å²) in [7, 11) is 0.247. The quantitative estimate of drug-likeness (QED) is 0.664. The Morgan fingerprint density at radius 2 is 1.86 bits per heavy atom. The summed E-state index contributed by atoms with van der Waals surface area (Å²) in [6.45, 7) is 5.12. The van der Waals surface area contributed by atoms with Gasteiger partial charge in [0.1, 0.15) is 4.90 Å². The number of rotatable bonds is 6. The lowest BCUT2D eigenvalue weighted by molar-refractivity contribution is 0.242. The van der Waals surface area contributed by atoms with Crippen LogP contribution in [0.5, 0.6) is 0 Å². The summed E-state index contributed by atoms with van der Waals surface area (Å²) < 4.78 is 28.7. The molecule has 1 rings (SSSR count). The number of halogens is 2. The Morgan fingerprint density at radius 1 is 1.29 bits per heavy atom. The van der Waals surface area contributed by atoms with Crippen molar-refractivity contribution in [2.24, 2.45) is 5.41 Å². The summed E-state index contributed by atoms with van der Waals surface area (Å²) in [5.74, 6) is 0. The molecule has 3 N–H and O–H groups in total. The number of nitrogens with two attached hydrogens (primary N) is 1. The molecule has 0 radical (unpaired) electrons. The van der Waals surface area contributed by atoms with Gasteiger partial charge in [0.15, 0.2) is 0 Å². The van der Waals surface area contributed by atoms with Crippen molar-refractivity contribution in [3.05, 3.63) is 21.1 Å². The summed E-state index contributed by atoms with van der Waals surface area (Å²) >= 11 is 6.54. The van der Waals surface area contributed by atoms with Gasteiger partial charge in [-0.2, -0.15) is 0 Å². The van der Waals surface area contributed by atoms with Gasteiger partial charge in [-0.3, -0.25) is 0 Å². The maximum absolute atomic E-state index is 12.5. The fourth-order valence-corrected chi connectivity index (χ4v) is 5.45. The van der Waals surface area contributed by atoms with Gasteiger partial charge in [0, 0.05) is 22.0 Å². The lowest BCUT2D eigenvalue weighted by Crippen LogP contribution is -2.40. The maximum Gasteiger partial charge on any atom is 0.243 e. The van der Waals surface area contributed by atoms with Gasteiger partial charge in [0.05, 0.1) is 5.69 Å². The lowest BCUT2D eigenvalue weighted by atomic mass is 9.93. The maximum atomic E-state index is 12.5. The fraction of sp³-hybridized carbons (Fsp3) is 0.538. The van der Waals surface area contributed by atoms with Crippen LogP contribution in [-0.2, 0) is 10.0 Å². The van der Waals surface area contributed by atoms with Crippen LogP contribution in [0.4, 0.5) is 5.69 Å². The normalized spacial score (nSPS) is 12.9. The van der Waals surface area contributed by atoms with Crippen LogP contribution >= 0.6 is 31.9 Å². The summed E-state index contributed by atoms with van der Waals surface area (Å²) in [6.07, 6.45) is 0. The summed E-state index contributed by atoms with van der Waals surface area (Å²) in [5, 5.41) is 0. The Hall–Kier alpha value is -0.150. The molecular weight excluding hydrogens is 422 g/mol. The molecule has 0 heterocycles. The van der Waals surface area contributed by atoms with E-state index in [1.807, 2.05) is 32.8 Å². The van der Waals surface area contributed by atoms with Crippen molar-refractivity contribution >= 4 is 47.6 Å². The first kappa shape index (κ1) is 18.9. The molecule has 1 aromatic carbocycles. The zero-order chi connectivity index (χ0) is 16.4. The number of anilines is 1. The third-order valence-electron chi connectivity index (χ3n) is 2.79. The van der Waals surface area contributed by atoms with Crippen LogP contribution in [0.15, 0.2) is 26.0 Å². The first-order chi connectivity index (χ1) is 9.44. The van der Waals surface area contributed by atoms with Gasteiger partial charge in [0.25, 0.3) is 0 Å². The molecule has 0 unspecified atom stereocenters. The molecule has 0 bridgehead atoms. The average molecular weight is 443 g/mol. The zero-order valence-corrected chi connectivity index (χ0v) is 16.6. The van der Waals surface area contributed by atoms with E-state index >= 15 is 0 Å². The highest BCUT2D eigenvalue weighted by Gasteiger charge is 2.26. The first-order valence-corrected chi connectivity index (χ1v) is 9.40. The minimum atomic E-state index is -3.67. The SMILES string of the molecule is CN(C)CC(C)(C)CNS(=O)(=O)c1c(N)cc(Br)cc1Br. The second-order valence-electron chi connectivity index (χ2n) is 6.03. The molecule has 0 aromatic heterocycles. The molecule has 5 nitrogen and oxygen atoms in total. The van der Waals surface area contributed by atoms with Crippen LogP contribution in [0, 0.1) is 5.41 Å². The van der Waals surface area contributed by atoms with Gasteiger partial charge in [-0.25, -0.2) is 13.1 Å². The Labute approximate surface area is 143 Å². The van der Waals surface area contributed by atoms with Gasteiger partial charge in [0.2, 0.25) is 10.0 Å². The molecule has 8 heteroatoms. The monoisotopic (exact) mass is 441 g/mol. The third-order valence-corrected chi connectivity index (χ3v) is 5.65. The molecule has 0 aliphatic rings. The topological polar surface area (TPSA) is 75.4 Å². The predicted molar refractivity (Wildman–Crippen MR) is 93.8 cm³/mol.